The normalized spacial score (nSPS) is 14.8. The lowest BCUT2D eigenvalue weighted by molar-refractivity contribution is -0.115. The molecule has 20 heavy (non-hydrogen) atoms. The summed E-state index contributed by atoms with van der Waals surface area (Å²) in [6, 6.07) is 11.4. The van der Waals surface area contributed by atoms with Gasteiger partial charge in [-0.1, -0.05) is 40.2 Å². The summed E-state index contributed by atoms with van der Waals surface area (Å²) >= 11 is 3.48. The van der Waals surface area contributed by atoms with Crippen molar-refractivity contribution in [3.8, 4) is 0 Å². The number of hydrogen-bond acceptors (Lipinski definition) is 2. The molecule has 1 amide bonds. The number of halogens is 1. The summed E-state index contributed by atoms with van der Waals surface area (Å²) in [6.45, 7) is 1.97. The minimum Gasteiger partial charge on any atom is -0.384 e. The van der Waals surface area contributed by atoms with Crippen molar-refractivity contribution in [2.45, 2.75) is 19.4 Å². The van der Waals surface area contributed by atoms with E-state index in [2.05, 4.69) is 21.2 Å². The van der Waals surface area contributed by atoms with Crippen molar-refractivity contribution < 1.29 is 9.90 Å². The Morgan fingerprint density at radius 2 is 2.10 bits per heavy atom. The zero-order chi connectivity index (χ0) is 14.3. The largest absolute Gasteiger partial charge is 0.384 e. The van der Waals surface area contributed by atoms with Crippen LogP contribution in [0.15, 0.2) is 40.9 Å². The molecule has 1 unspecified atom stereocenters. The van der Waals surface area contributed by atoms with E-state index in [1.54, 1.807) is 0 Å². The van der Waals surface area contributed by atoms with Crippen LogP contribution in [-0.2, 0) is 11.2 Å². The number of aliphatic hydroxyl groups is 1. The molecule has 2 aromatic carbocycles. The third-order valence-corrected chi connectivity index (χ3v) is 4.53. The molecule has 0 radical (unpaired) electrons. The lowest BCUT2D eigenvalue weighted by atomic mass is 9.96. The van der Waals surface area contributed by atoms with Crippen LogP contribution in [0.1, 0.15) is 28.4 Å². The van der Waals surface area contributed by atoms with Crippen LogP contribution in [-0.4, -0.2) is 11.0 Å². The predicted molar refractivity (Wildman–Crippen MR) is 81.7 cm³/mol. The van der Waals surface area contributed by atoms with Gasteiger partial charge in [-0.05, 0) is 41.3 Å². The molecule has 4 heteroatoms. The zero-order valence-corrected chi connectivity index (χ0v) is 12.6. The molecule has 1 aliphatic rings. The molecule has 0 aliphatic carbocycles. The van der Waals surface area contributed by atoms with Crippen molar-refractivity contribution in [1.29, 1.82) is 0 Å². The number of aliphatic hydroxyl groups excluding tert-OH is 1. The van der Waals surface area contributed by atoms with Gasteiger partial charge < -0.3 is 10.4 Å². The smallest absolute Gasteiger partial charge is 0.228 e. The Morgan fingerprint density at radius 1 is 1.30 bits per heavy atom. The molecule has 0 saturated carbocycles. The van der Waals surface area contributed by atoms with E-state index >= 15 is 0 Å². The summed E-state index contributed by atoms with van der Waals surface area (Å²) in [5.41, 5.74) is 4.49. The van der Waals surface area contributed by atoms with Gasteiger partial charge in [0.15, 0.2) is 0 Å². The number of fused-ring (bicyclic) bond motifs is 1. The molecule has 102 valence electrons. The maximum atomic E-state index is 11.4. The number of carbonyl (C=O) groups excluding carboxylic acids is 1. The summed E-state index contributed by atoms with van der Waals surface area (Å²) in [5.74, 6) is 0.00489. The van der Waals surface area contributed by atoms with E-state index in [4.69, 9.17) is 0 Å². The molecule has 2 N–H and O–H groups in total. The molecule has 0 saturated heterocycles. The Labute approximate surface area is 125 Å². The maximum Gasteiger partial charge on any atom is 0.228 e. The second kappa shape index (κ2) is 5.04. The Hall–Kier alpha value is -1.65. The van der Waals surface area contributed by atoms with Crippen LogP contribution in [0.25, 0.3) is 0 Å². The first-order valence-electron chi connectivity index (χ1n) is 6.42. The fourth-order valence-electron chi connectivity index (χ4n) is 2.52. The van der Waals surface area contributed by atoms with Gasteiger partial charge in [0.05, 0.1) is 6.42 Å². The SMILES string of the molecule is Cc1c(Br)cccc1C(O)c1ccc2c(c1)CC(=O)N2. The molecule has 0 aromatic heterocycles. The summed E-state index contributed by atoms with van der Waals surface area (Å²) in [4.78, 5) is 11.4. The Balaban J connectivity index is 1.99. The van der Waals surface area contributed by atoms with E-state index in [0.717, 1.165) is 32.4 Å². The van der Waals surface area contributed by atoms with Crippen LogP contribution in [0.2, 0.25) is 0 Å². The van der Waals surface area contributed by atoms with Crippen LogP contribution in [0.5, 0.6) is 0 Å². The average molecular weight is 332 g/mol. The number of carbonyl (C=O) groups is 1. The van der Waals surface area contributed by atoms with Crippen LogP contribution in [0, 0.1) is 6.92 Å². The lowest BCUT2D eigenvalue weighted by Gasteiger charge is -2.16. The highest BCUT2D eigenvalue weighted by Crippen LogP contribution is 2.32. The van der Waals surface area contributed by atoms with E-state index in [1.165, 1.54) is 0 Å². The van der Waals surface area contributed by atoms with Gasteiger partial charge in [-0.15, -0.1) is 0 Å². The summed E-state index contributed by atoms with van der Waals surface area (Å²) in [5, 5.41) is 13.4. The number of anilines is 1. The van der Waals surface area contributed by atoms with E-state index in [-0.39, 0.29) is 5.91 Å². The lowest BCUT2D eigenvalue weighted by Crippen LogP contribution is -2.03. The standard InChI is InChI=1S/C16H14BrNO2/c1-9-12(3-2-4-13(9)17)16(20)10-5-6-14-11(7-10)8-15(19)18-14/h2-7,16,20H,8H2,1H3,(H,18,19). The molecule has 1 aliphatic heterocycles. The van der Waals surface area contributed by atoms with Gasteiger partial charge in [-0.3, -0.25) is 4.79 Å². The van der Waals surface area contributed by atoms with Crippen LogP contribution >= 0.6 is 15.9 Å². The number of nitrogens with one attached hydrogen (secondary N) is 1. The molecule has 3 nitrogen and oxygen atoms in total. The zero-order valence-electron chi connectivity index (χ0n) is 11.0. The summed E-state index contributed by atoms with van der Waals surface area (Å²) < 4.78 is 0.979. The second-order valence-corrected chi connectivity index (χ2v) is 5.85. The number of benzene rings is 2. The summed E-state index contributed by atoms with van der Waals surface area (Å²) in [6.07, 6.45) is -0.304. The molecule has 2 aromatic rings. The maximum absolute atomic E-state index is 11.4. The van der Waals surface area contributed by atoms with Gasteiger partial charge in [0.1, 0.15) is 6.10 Å². The first kappa shape index (κ1) is 13.3. The third kappa shape index (κ3) is 2.25. The fourth-order valence-corrected chi connectivity index (χ4v) is 2.90. The number of hydrogen-bond donors (Lipinski definition) is 2. The topological polar surface area (TPSA) is 49.3 Å². The molecular weight excluding hydrogens is 318 g/mol. The van der Waals surface area contributed by atoms with Crippen molar-refractivity contribution in [3.63, 3.8) is 0 Å². The molecule has 0 spiro atoms. The van der Waals surface area contributed by atoms with Gasteiger partial charge in [0.2, 0.25) is 5.91 Å². The highest BCUT2D eigenvalue weighted by molar-refractivity contribution is 9.10. The van der Waals surface area contributed by atoms with E-state index in [9.17, 15) is 9.90 Å². The summed E-state index contributed by atoms with van der Waals surface area (Å²) in [7, 11) is 0. The minimum atomic E-state index is -0.687. The van der Waals surface area contributed by atoms with Gasteiger partial charge >= 0.3 is 0 Å². The van der Waals surface area contributed by atoms with Crippen LogP contribution in [0.4, 0.5) is 5.69 Å². The molecule has 1 heterocycles. The number of amides is 1. The van der Waals surface area contributed by atoms with Gasteiger partial charge in [-0.2, -0.15) is 0 Å². The highest BCUT2D eigenvalue weighted by Gasteiger charge is 2.20. The number of rotatable bonds is 2. The molecule has 3 rings (SSSR count). The van der Waals surface area contributed by atoms with Crippen LogP contribution < -0.4 is 5.32 Å². The average Bonchev–Trinajstić information content (AvgIpc) is 2.80. The Morgan fingerprint density at radius 3 is 2.90 bits per heavy atom. The van der Waals surface area contributed by atoms with E-state index in [1.807, 2.05) is 43.3 Å². The Kier molecular flexibility index (Phi) is 3.36. The van der Waals surface area contributed by atoms with Gasteiger partial charge in [0, 0.05) is 10.2 Å². The van der Waals surface area contributed by atoms with E-state index < -0.39 is 6.10 Å². The predicted octanol–water partition coefficient (Wildman–Crippen LogP) is 3.33. The van der Waals surface area contributed by atoms with Gasteiger partial charge in [0.25, 0.3) is 0 Å². The van der Waals surface area contributed by atoms with Crippen LogP contribution in [0.3, 0.4) is 0 Å². The molecular formula is C16H14BrNO2. The molecule has 0 fully saturated rings. The monoisotopic (exact) mass is 331 g/mol. The van der Waals surface area contributed by atoms with Gasteiger partial charge in [-0.25, -0.2) is 0 Å². The van der Waals surface area contributed by atoms with Crippen molar-refractivity contribution in [1.82, 2.24) is 0 Å². The van der Waals surface area contributed by atoms with Crippen molar-refractivity contribution in [2.24, 2.45) is 0 Å². The minimum absolute atomic E-state index is 0.00489. The first-order valence-corrected chi connectivity index (χ1v) is 7.21. The second-order valence-electron chi connectivity index (χ2n) is 5.00. The van der Waals surface area contributed by atoms with Crippen molar-refractivity contribution in [3.05, 3.63) is 63.1 Å². The highest BCUT2D eigenvalue weighted by atomic mass is 79.9. The fraction of sp³-hybridized carbons (Fsp3) is 0.188. The van der Waals surface area contributed by atoms with Crippen molar-refractivity contribution >= 4 is 27.5 Å². The molecule has 1 atom stereocenters. The first-order chi connectivity index (χ1) is 9.56. The third-order valence-electron chi connectivity index (χ3n) is 3.67. The quantitative estimate of drug-likeness (QED) is 0.886. The Bertz CT molecular complexity index is 697. The molecule has 0 bridgehead atoms. The van der Waals surface area contributed by atoms with Crippen molar-refractivity contribution in [2.75, 3.05) is 5.32 Å². The van der Waals surface area contributed by atoms with E-state index in [0.29, 0.717) is 6.42 Å².